The van der Waals surface area contributed by atoms with Crippen LogP contribution in [-0.4, -0.2) is 71.6 Å². The zero-order chi connectivity index (χ0) is 17.5. The Morgan fingerprint density at radius 3 is 2.80 bits per heavy atom. The molecule has 0 unspecified atom stereocenters. The lowest BCUT2D eigenvalue weighted by atomic mass is 10.1. The highest BCUT2D eigenvalue weighted by Gasteiger charge is 2.21. The van der Waals surface area contributed by atoms with Crippen molar-refractivity contribution in [1.29, 1.82) is 0 Å². The Labute approximate surface area is 149 Å². The predicted octanol–water partition coefficient (Wildman–Crippen LogP) is 1.76. The standard InChI is InChI=1S/C18H29N5O2/c1-25-17-13-16(19-14-20-17)21-15-6-9-22(10-7-15)11-12-23-8-4-2-3-5-18(23)24/h13-15H,2-12H2,1H3,(H,19,20,21). The third kappa shape index (κ3) is 5.29. The second-order valence-corrected chi connectivity index (χ2v) is 6.90. The molecule has 0 radical (unpaired) electrons. The predicted molar refractivity (Wildman–Crippen MR) is 96.7 cm³/mol. The van der Waals surface area contributed by atoms with Gasteiger partial charge in [-0.25, -0.2) is 9.97 Å². The maximum absolute atomic E-state index is 12.1. The van der Waals surface area contributed by atoms with Gasteiger partial charge in [0.05, 0.1) is 7.11 Å². The molecule has 1 aromatic rings. The maximum Gasteiger partial charge on any atom is 0.222 e. The van der Waals surface area contributed by atoms with Crippen molar-refractivity contribution in [2.24, 2.45) is 0 Å². The molecule has 1 N–H and O–H groups in total. The lowest BCUT2D eigenvalue weighted by molar-refractivity contribution is -0.130. The van der Waals surface area contributed by atoms with Gasteiger partial charge in [0.1, 0.15) is 12.1 Å². The highest BCUT2D eigenvalue weighted by atomic mass is 16.5. The number of carbonyl (C=O) groups excluding carboxylic acids is 1. The number of piperidine rings is 1. The van der Waals surface area contributed by atoms with Crippen molar-refractivity contribution in [3.63, 3.8) is 0 Å². The van der Waals surface area contributed by atoms with Crippen LogP contribution in [0.15, 0.2) is 12.4 Å². The van der Waals surface area contributed by atoms with Gasteiger partial charge in [0.15, 0.2) is 0 Å². The molecule has 2 aliphatic rings. The van der Waals surface area contributed by atoms with Crippen molar-refractivity contribution in [2.45, 2.75) is 44.6 Å². The van der Waals surface area contributed by atoms with E-state index in [-0.39, 0.29) is 0 Å². The summed E-state index contributed by atoms with van der Waals surface area (Å²) in [7, 11) is 1.61. The minimum Gasteiger partial charge on any atom is -0.481 e. The van der Waals surface area contributed by atoms with Crippen molar-refractivity contribution in [2.75, 3.05) is 45.2 Å². The average molecular weight is 347 g/mol. The van der Waals surface area contributed by atoms with Gasteiger partial charge in [0, 0.05) is 51.3 Å². The molecule has 7 nitrogen and oxygen atoms in total. The molecule has 3 heterocycles. The van der Waals surface area contributed by atoms with E-state index >= 15 is 0 Å². The van der Waals surface area contributed by atoms with Crippen LogP contribution in [0.25, 0.3) is 0 Å². The van der Waals surface area contributed by atoms with Gasteiger partial charge in [-0.05, 0) is 25.7 Å². The van der Waals surface area contributed by atoms with Crippen molar-refractivity contribution in [3.05, 3.63) is 12.4 Å². The first-order chi connectivity index (χ1) is 12.2. The summed E-state index contributed by atoms with van der Waals surface area (Å²) < 4.78 is 5.14. The molecule has 3 rings (SSSR count). The summed E-state index contributed by atoms with van der Waals surface area (Å²) in [4.78, 5) is 24.9. The van der Waals surface area contributed by atoms with Gasteiger partial charge >= 0.3 is 0 Å². The number of aromatic nitrogens is 2. The van der Waals surface area contributed by atoms with Crippen LogP contribution in [0.2, 0.25) is 0 Å². The van der Waals surface area contributed by atoms with E-state index in [9.17, 15) is 4.79 Å². The van der Waals surface area contributed by atoms with E-state index in [1.54, 1.807) is 7.11 Å². The smallest absolute Gasteiger partial charge is 0.222 e. The molecule has 138 valence electrons. The van der Waals surface area contributed by atoms with Gasteiger partial charge in [-0.3, -0.25) is 4.79 Å². The third-order valence-corrected chi connectivity index (χ3v) is 5.15. The van der Waals surface area contributed by atoms with E-state index in [0.717, 1.165) is 70.6 Å². The van der Waals surface area contributed by atoms with Crippen molar-refractivity contribution in [3.8, 4) is 5.88 Å². The van der Waals surface area contributed by atoms with Gasteiger partial charge in [-0.15, -0.1) is 0 Å². The Morgan fingerprint density at radius 2 is 2.00 bits per heavy atom. The molecule has 1 amide bonds. The number of anilines is 1. The monoisotopic (exact) mass is 347 g/mol. The molecular formula is C18H29N5O2. The van der Waals surface area contributed by atoms with Gasteiger partial charge in [-0.1, -0.05) is 6.42 Å². The van der Waals surface area contributed by atoms with Crippen LogP contribution in [0.5, 0.6) is 5.88 Å². The number of hydrogen-bond donors (Lipinski definition) is 1. The molecule has 7 heteroatoms. The second kappa shape index (κ2) is 8.99. The molecule has 1 aromatic heterocycles. The summed E-state index contributed by atoms with van der Waals surface area (Å²) in [5, 5.41) is 3.47. The number of likely N-dealkylation sites (tertiary alicyclic amines) is 2. The Bertz CT molecular complexity index is 560. The van der Waals surface area contributed by atoms with E-state index in [2.05, 4.69) is 25.1 Å². The number of nitrogens with one attached hydrogen (secondary N) is 1. The fourth-order valence-corrected chi connectivity index (χ4v) is 3.58. The lowest BCUT2D eigenvalue weighted by Gasteiger charge is -2.34. The first kappa shape index (κ1) is 17.9. The minimum atomic E-state index is 0.340. The van der Waals surface area contributed by atoms with Crippen LogP contribution in [0.1, 0.15) is 38.5 Å². The first-order valence-electron chi connectivity index (χ1n) is 9.37. The Hall–Kier alpha value is -1.89. The number of ether oxygens (including phenoxy) is 1. The Morgan fingerprint density at radius 1 is 1.16 bits per heavy atom. The largest absolute Gasteiger partial charge is 0.481 e. The highest BCUT2D eigenvalue weighted by molar-refractivity contribution is 5.76. The Kier molecular flexibility index (Phi) is 6.44. The van der Waals surface area contributed by atoms with Crippen LogP contribution < -0.4 is 10.1 Å². The van der Waals surface area contributed by atoms with Crippen molar-refractivity contribution < 1.29 is 9.53 Å². The molecule has 0 spiro atoms. The molecule has 25 heavy (non-hydrogen) atoms. The van der Waals surface area contributed by atoms with E-state index in [1.807, 2.05) is 6.07 Å². The minimum absolute atomic E-state index is 0.340. The van der Waals surface area contributed by atoms with Crippen LogP contribution in [-0.2, 0) is 4.79 Å². The van der Waals surface area contributed by atoms with Crippen LogP contribution in [0.4, 0.5) is 5.82 Å². The summed E-state index contributed by atoms with van der Waals surface area (Å²) >= 11 is 0. The topological polar surface area (TPSA) is 70.6 Å². The molecule has 0 aromatic carbocycles. The summed E-state index contributed by atoms with van der Waals surface area (Å²) in [5.41, 5.74) is 0. The van der Waals surface area contributed by atoms with E-state index in [1.165, 1.54) is 12.7 Å². The number of carbonyl (C=O) groups is 1. The van der Waals surface area contributed by atoms with Gasteiger partial charge in [0.25, 0.3) is 0 Å². The van der Waals surface area contributed by atoms with E-state index in [4.69, 9.17) is 4.74 Å². The highest BCUT2D eigenvalue weighted by Crippen LogP contribution is 2.17. The number of amides is 1. The van der Waals surface area contributed by atoms with Gasteiger partial charge < -0.3 is 19.9 Å². The van der Waals surface area contributed by atoms with Crippen molar-refractivity contribution in [1.82, 2.24) is 19.8 Å². The fourth-order valence-electron chi connectivity index (χ4n) is 3.58. The van der Waals surface area contributed by atoms with Gasteiger partial charge in [-0.2, -0.15) is 0 Å². The van der Waals surface area contributed by atoms with E-state index in [0.29, 0.717) is 17.8 Å². The van der Waals surface area contributed by atoms with Crippen LogP contribution in [0, 0.1) is 0 Å². The number of nitrogens with zero attached hydrogens (tertiary/aromatic N) is 4. The summed E-state index contributed by atoms with van der Waals surface area (Å²) in [6, 6.07) is 2.26. The van der Waals surface area contributed by atoms with Gasteiger partial charge in [0.2, 0.25) is 11.8 Å². The first-order valence-corrected chi connectivity index (χ1v) is 9.37. The second-order valence-electron chi connectivity index (χ2n) is 6.90. The molecule has 2 fully saturated rings. The average Bonchev–Trinajstić information content (AvgIpc) is 2.85. The molecule has 2 aliphatic heterocycles. The molecule has 0 atom stereocenters. The van der Waals surface area contributed by atoms with Crippen LogP contribution in [0.3, 0.4) is 0 Å². The zero-order valence-electron chi connectivity index (χ0n) is 15.1. The number of methoxy groups -OCH3 is 1. The molecule has 0 aliphatic carbocycles. The summed E-state index contributed by atoms with van der Waals surface area (Å²) in [5.74, 6) is 1.74. The number of rotatable bonds is 6. The third-order valence-electron chi connectivity index (χ3n) is 5.15. The SMILES string of the molecule is COc1cc(NC2CCN(CCN3CCCCCC3=O)CC2)ncn1. The molecule has 0 bridgehead atoms. The Balaban J connectivity index is 1.40. The molecular weight excluding hydrogens is 318 g/mol. The normalized spacial score (nSPS) is 20.4. The maximum atomic E-state index is 12.1. The quantitative estimate of drug-likeness (QED) is 0.846. The van der Waals surface area contributed by atoms with E-state index < -0.39 is 0 Å². The fraction of sp³-hybridized carbons (Fsp3) is 0.722. The van der Waals surface area contributed by atoms with Crippen LogP contribution >= 0.6 is 0 Å². The summed E-state index contributed by atoms with van der Waals surface area (Å²) in [6.07, 6.45) is 7.82. The zero-order valence-corrected chi connectivity index (χ0v) is 15.1. The molecule has 2 saturated heterocycles. The molecule has 0 saturated carbocycles. The number of hydrogen-bond acceptors (Lipinski definition) is 6. The summed E-state index contributed by atoms with van der Waals surface area (Å²) in [6.45, 7) is 4.91. The van der Waals surface area contributed by atoms with Crippen molar-refractivity contribution >= 4 is 11.7 Å². The lowest BCUT2D eigenvalue weighted by Crippen LogP contribution is -2.44.